The second kappa shape index (κ2) is 48.3. The number of methoxy groups -OCH3 is 2. The van der Waals surface area contributed by atoms with Crippen molar-refractivity contribution in [3.8, 4) is 62.3 Å². The van der Waals surface area contributed by atoms with Gasteiger partial charge in [0.2, 0.25) is 17.8 Å². The van der Waals surface area contributed by atoms with E-state index in [2.05, 4.69) is 152 Å². The Morgan fingerprint density at radius 1 is 0.317 bits per heavy atom. The van der Waals surface area contributed by atoms with Crippen LogP contribution < -0.4 is 66.3 Å². The number of rotatable bonds is 26. The van der Waals surface area contributed by atoms with Crippen LogP contribution in [0.1, 0.15) is 52.8 Å². The van der Waals surface area contributed by atoms with Gasteiger partial charge in [-0.3, -0.25) is 19.2 Å². The van der Waals surface area contributed by atoms with E-state index in [4.69, 9.17) is 45.0 Å². The predicted molar refractivity (Wildman–Crippen MR) is 558 cm³/mol. The topological polar surface area (TPSA) is 344 Å². The zero-order chi connectivity index (χ0) is 97.6. The van der Waals surface area contributed by atoms with E-state index in [1.165, 1.54) is 34.4 Å². The number of halogens is 1. The minimum Gasteiger partial charge on any atom is -0.507 e. The summed E-state index contributed by atoms with van der Waals surface area (Å²) in [5.74, 6) is 2.65. The monoisotopic (exact) mass is 1910 g/mol. The molecule has 0 bridgehead atoms. The number of anilines is 14. The molecule has 0 radical (unpaired) electrons. The molecule has 4 amide bonds. The first-order valence-electron chi connectivity index (χ1n) is 46.5. The number of nitrogens with zero attached hydrogens (tertiary/aromatic N) is 12. The van der Waals surface area contributed by atoms with Gasteiger partial charge in [0, 0.05) is 190 Å². The van der Waals surface area contributed by atoms with E-state index in [9.17, 15) is 24.3 Å². The van der Waals surface area contributed by atoms with Gasteiger partial charge < -0.3 is 90.3 Å². The number of para-hydroxylation sites is 1. The Morgan fingerprint density at radius 3 is 0.993 bits per heavy atom. The summed E-state index contributed by atoms with van der Waals surface area (Å²) in [5, 5.41) is 31.8. The molecule has 4 aliphatic rings. The van der Waals surface area contributed by atoms with E-state index in [0.29, 0.717) is 80.2 Å². The number of amides is 4. The SMILES string of the molecule is COc1ccc(C(=O)Nc2ccc(-c3ccnc(Nc4ccc(N5CCOCC5)cc4)n3)cc2)cc1.COc1cccc(C(=O)Nc2ccc(-c3ccnc(Nc4ccc(N5CCOCC5)cc4)n3)cc2)c1.O=C(Nc1ccc(-c2ccnc(Cc3ccc(N4CCOCC4)cc3)n2)cc1)c1ccc(Cl)cc1.O=C(Nc1ccc(-c2ccnc(Nc3ccc(N4CCOCC4)cc3)n2)cc1)c1ccccc1O. The molecule has 20 rings (SSSR count). The molecule has 0 atom stereocenters. The summed E-state index contributed by atoms with van der Waals surface area (Å²) in [6.07, 6.45) is 7.61. The smallest absolute Gasteiger partial charge is 0.259 e. The highest BCUT2D eigenvalue weighted by Crippen LogP contribution is 2.32. The van der Waals surface area contributed by atoms with Gasteiger partial charge in [-0.1, -0.05) is 90.5 Å². The van der Waals surface area contributed by atoms with Gasteiger partial charge in [-0.15, -0.1) is 0 Å². The standard InChI is InChI=1S/C28H25ClN4O2.2C28H27N5O3.C27H25N5O3/c29-23-7-3-22(4-8-23)28(34)31-24-9-5-21(6-10-24)26-13-14-30-27(32-26)19-20-1-11-25(12-2-20)33-15-17-35-18-16-33;1-35-25-12-4-21(5-13-25)27(34)30-22-6-2-20(3-7-22)26-14-15-29-28(32-26)31-23-8-10-24(11-9-23)33-16-18-36-19-17-33;1-35-25-4-2-3-21(19-25)27(34)30-22-7-5-20(6-8-22)26-13-14-29-28(32-26)31-23-9-11-24(12-10-23)33-15-17-36-18-16-33;33-25-4-2-1-3-23(25)26(34)29-20-7-5-19(6-8-20)24-13-14-28-27(31-24)30-21-9-11-22(12-10-21)32-15-17-35-18-16-32/h1-14H,15-19H2,(H,31,34);2-15H,16-19H2,1H3,(H,30,34)(H,29,31,32);2-14,19H,15-18H2,1H3,(H,30,34)(H,29,31,32);1-14,33H,15-18H2,(H,29,34)(H,28,30,31). The van der Waals surface area contributed by atoms with Crippen LogP contribution in [-0.2, 0) is 25.4 Å². The van der Waals surface area contributed by atoms with E-state index >= 15 is 0 Å². The number of phenolic OH excluding ortho intramolecular Hbond substituents is 1. The van der Waals surface area contributed by atoms with Gasteiger partial charge in [-0.05, 0) is 242 Å². The molecule has 4 saturated heterocycles. The van der Waals surface area contributed by atoms with Crippen LogP contribution in [0.25, 0.3) is 45.0 Å². The molecular weight excluding hydrogens is 1810 g/mol. The quantitative estimate of drug-likeness (QED) is 0.0250. The highest BCUT2D eigenvalue weighted by molar-refractivity contribution is 6.30. The summed E-state index contributed by atoms with van der Waals surface area (Å²) in [4.78, 5) is 95.4. The van der Waals surface area contributed by atoms with Crippen LogP contribution in [0.4, 0.5) is 80.4 Å². The zero-order valence-corrected chi connectivity index (χ0v) is 78.9. The molecule has 8 heterocycles. The van der Waals surface area contributed by atoms with Crippen molar-refractivity contribution in [3.05, 3.63) is 379 Å². The number of morpholine rings is 4. The number of aromatic nitrogens is 8. The number of carbonyl (C=O) groups excluding carboxylic acids is 4. The van der Waals surface area contributed by atoms with Gasteiger partial charge in [0.25, 0.3) is 23.6 Å². The van der Waals surface area contributed by atoms with E-state index < -0.39 is 0 Å². The lowest BCUT2D eigenvalue weighted by Gasteiger charge is -2.28. The number of benzene rings is 12. The Morgan fingerprint density at radius 2 is 0.634 bits per heavy atom. The predicted octanol–water partition coefficient (Wildman–Crippen LogP) is 20.1. The Hall–Kier alpha value is -17.0. The van der Waals surface area contributed by atoms with Crippen molar-refractivity contribution in [2.45, 2.75) is 6.42 Å². The van der Waals surface area contributed by atoms with Crippen molar-refractivity contribution < 1.29 is 52.7 Å². The first-order chi connectivity index (χ1) is 69.6. The fourth-order valence-electron chi connectivity index (χ4n) is 15.8. The van der Waals surface area contributed by atoms with E-state index in [0.717, 1.165) is 173 Å². The third kappa shape index (κ3) is 27.1. The van der Waals surface area contributed by atoms with Crippen molar-refractivity contribution in [3.63, 3.8) is 0 Å². The Balaban J connectivity index is 0.000000130. The second-order valence-corrected chi connectivity index (χ2v) is 33.5. The number of ether oxygens (including phenoxy) is 6. The van der Waals surface area contributed by atoms with Crippen LogP contribution in [0, 0.1) is 0 Å². The fourth-order valence-corrected chi connectivity index (χ4v) is 15.9. The molecule has 0 spiro atoms. The molecule has 142 heavy (non-hydrogen) atoms. The maximum absolute atomic E-state index is 12.6. The lowest BCUT2D eigenvalue weighted by atomic mass is 10.1. The number of nitrogens with one attached hydrogen (secondary N) is 7. The number of aromatic hydroxyl groups is 1. The average Bonchev–Trinajstić information content (AvgIpc) is 0.828. The van der Waals surface area contributed by atoms with Crippen LogP contribution >= 0.6 is 11.6 Å². The van der Waals surface area contributed by atoms with Crippen molar-refractivity contribution in [2.75, 3.05) is 176 Å². The van der Waals surface area contributed by atoms with E-state index in [-0.39, 0.29) is 34.9 Å². The number of hydrogen-bond acceptors (Lipinski definition) is 26. The maximum atomic E-state index is 12.6. The third-order valence-corrected chi connectivity index (χ3v) is 23.8. The fraction of sp³-hybridized carbons (Fsp3) is 0.171. The first kappa shape index (κ1) is 96.6. The molecule has 8 N–H and O–H groups in total. The van der Waals surface area contributed by atoms with Gasteiger partial charge in [0.1, 0.15) is 23.1 Å². The van der Waals surface area contributed by atoms with Crippen molar-refractivity contribution in [2.24, 2.45) is 0 Å². The minimum atomic E-state index is -0.371. The van der Waals surface area contributed by atoms with E-state index in [1.807, 2.05) is 146 Å². The summed E-state index contributed by atoms with van der Waals surface area (Å²) < 4.78 is 32.0. The Bertz CT molecular complexity index is 6870. The Kier molecular flexibility index (Phi) is 32.9. The lowest BCUT2D eigenvalue weighted by Crippen LogP contribution is -2.36. The second-order valence-electron chi connectivity index (χ2n) is 33.0. The van der Waals surface area contributed by atoms with Gasteiger partial charge in [-0.25, -0.2) is 39.9 Å². The maximum Gasteiger partial charge on any atom is 0.259 e. The van der Waals surface area contributed by atoms with Crippen molar-refractivity contribution in [1.29, 1.82) is 0 Å². The molecule has 12 aromatic carbocycles. The van der Waals surface area contributed by atoms with Crippen LogP contribution in [0.2, 0.25) is 5.02 Å². The molecule has 0 saturated carbocycles. The first-order valence-corrected chi connectivity index (χ1v) is 46.8. The molecule has 4 aliphatic heterocycles. The zero-order valence-electron chi connectivity index (χ0n) is 78.1. The van der Waals surface area contributed by atoms with Crippen LogP contribution in [0.3, 0.4) is 0 Å². The summed E-state index contributed by atoms with van der Waals surface area (Å²) >= 11 is 5.90. The lowest BCUT2D eigenvalue weighted by molar-refractivity contribution is 0.101. The number of hydrogen-bond donors (Lipinski definition) is 8. The van der Waals surface area contributed by atoms with Crippen LogP contribution in [0.15, 0.2) is 340 Å². The molecule has 716 valence electrons. The molecular formula is C111H104ClN19O11. The Labute approximate surface area is 827 Å². The van der Waals surface area contributed by atoms with Gasteiger partial charge >= 0.3 is 0 Å². The summed E-state index contributed by atoms with van der Waals surface area (Å²) in [6.45, 7) is 13.4. The van der Waals surface area contributed by atoms with Gasteiger partial charge in [0.05, 0.1) is 95.4 Å². The molecule has 0 unspecified atom stereocenters. The van der Waals surface area contributed by atoms with Gasteiger partial charge in [0.15, 0.2) is 0 Å². The van der Waals surface area contributed by atoms with Crippen LogP contribution in [-0.4, -0.2) is 188 Å². The normalized spacial score (nSPS) is 13.3. The minimum absolute atomic E-state index is 0.0571. The molecule has 4 aromatic heterocycles. The summed E-state index contributed by atoms with van der Waals surface area (Å²) in [5.41, 5.74) is 20.1. The highest BCUT2D eigenvalue weighted by Gasteiger charge is 2.21. The van der Waals surface area contributed by atoms with E-state index in [1.54, 1.807) is 142 Å². The molecule has 16 aromatic rings. The molecule has 30 nitrogen and oxygen atoms in total. The molecule has 4 fully saturated rings. The van der Waals surface area contributed by atoms with Crippen molar-refractivity contribution in [1.82, 2.24) is 39.9 Å². The molecule has 0 aliphatic carbocycles. The summed E-state index contributed by atoms with van der Waals surface area (Å²) in [7, 11) is 3.17. The highest BCUT2D eigenvalue weighted by atomic mass is 35.5. The number of carbonyl (C=O) groups is 4. The van der Waals surface area contributed by atoms with Crippen molar-refractivity contribution >= 4 is 116 Å². The largest absolute Gasteiger partial charge is 0.507 e. The van der Waals surface area contributed by atoms with Crippen LogP contribution in [0.5, 0.6) is 17.2 Å². The molecule has 31 heteroatoms. The third-order valence-electron chi connectivity index (χ3n) is 23.5. The number of phenols is 1. The van der Waals surface area contributed by atoms with Gasteiger partial charge in [-0.2, -0.15) is 0 Å². The summed E-state index contributed by atoms with van der Waals surface area (Å²) in [6, 6.07) is 98.1. The average molecular weight is 1920 g/mol.